The Balaban J connectivity index is 0.000000942. The number of rotatable bonds is 17. The normalized spacial score (nSPS) is 11.2. The third-order valence-electron chi connectivity index (χ3n) is 15.7. The monoisotopic (exact) mass is 1650 g/mol. The number of benzene rings is 11. The summed E-state index contributed by atoms with van der Waals surface area (Å²) in [5.74, 6) is -0.426. The fourth-order valence-electron chi connectivity index (χ4n) is 11.2. The summed E-state index contributed by atoms with van der Waals surface area (Å²) in [5, 5.41) is 0. The van der Waals surface area contributed by atoms with Gasteiger partial charge in [0, 0.05) is 11.1 Å². The Morgan fingerprint density at radius 3 is 0.927 bits per heavy atom. The van der Waals surface area contributed by atoms with Crippen molar-refractivity contribution < 1.29 is 130 Å². The maximum Gasteiger partial charge on any atom is 0.425 e. The van der Waals surface area contributed by atoms with Gasteiger partial charge in [-0.25, -0.2) is 0 Å². The molecule has 4 N–H and O–H groups in total. The van der Waals surface area contributed by atoms with Crippen LogP contribution < -0.4 is 9.47 Å². The maximum atomic E-state index is 15.2. The molecule has 566 valence electrons. The smallest absolute Gasteiger partial charge is 0.425 e. The van der Waals surface area contributed by atoms with Gasteiger partial charge in [-0.1, -0.05) is 146 Å². The van der Waals surface area contributed by atoms with E-state index >= 15 is 13.2 Å². The highest BCUT2D eigenvalue weighted by molar-refractivity contribution is 7.89. The Bertz CT molecular complexity index is 5990. The molecule has 0 aliphatic carbocycles. The van der Waals surface area contributed by atoms with Crippen LogP contribution in [-0.2, 0) is 89.1 Å². The van der Waals surface area contributed by atoms with E-state index in [0.29, 0.717) is 33.6 Å². The fraction of sp³-hybridized carbons (Fsp3) is 0.0563. The van der Waals surface area contributed by atoms with Crippen LogP contribution in [-0.4, -0.2) is 115 Å². The molecular formula is C71H51F3O27S8. The molecule has 11 rings (SSSR count). The first-order valence-corrected chi connectivity index (χ1v) is 39.7. The number of aryl methyl sites for hydroxylation is 2. The quantitative estimate of drug-likeness (QED) is 0.0486. The molecule has 11 aromatic carbocycles. The second-order valence-corrected chi connectivity index (χ2v) is 29.6. The number of ketones is 1. The standard InChI is InChI=1S/C71H51F3O15S4.4O3S/c1-42-14-15-52(38-43(42)2)44-16-20-48(21-17-44)66-64(46-10-6-4-7-11-46)68(54-29-36-60(90(76,77)78)62(40-54)92(82,83)84)67(69(65(66)47-12-8-5-9-13-47)55-30-37-61(91(79,80)81)63(41-55)93(85,86)87)49-22-18-45(19-23-49)53-28-35-59(58(39-53)71(72,73)74)89-57-33-26-51(27-34-57)70(75)50-24-31-56(88-3)32-25-50;4*1-4(2)3/h4-41H,1-3H3,(H,76,77,78)(H,79,80,81)(H,82,83,84)(H,85,86,87);;;;. The van der Waals surface area contributed by atoms with Crippen LogP contribution in [0.1, 0.15) is 32.6 Å². The van der Waals surface area contributed by atoms with Gasteiger partial charge in [-0.15, -0.1) is 50.5 Å². The number of carbonyl (C=O) groups is 1. The van der Waals surface area contributed by atoms with Crippen LogP contribution in [0, 0.1) is 13.8 Å². The molecule has 0 spiro atoms. The first kappa shape index (κ1) is 84.9. The summed E-state index contributed by atoms with van der Waals surface area (Å²) < 4.78 is 306. The molecular weight excluding hydrogens is 1600 g/mol. The van der Waals surface area contributed by atoms with Crippen LogP contribution in [0.4, 0.5) is 13.2 Å². The largest absolute Gasteiger partial charge is 0.497 e. The zero-order chi connectivity index (χ0) is 80.8. The minimum absolute atomic E-state index is 0.00917. The lowest BCUT2D eigenvalue weighted by Crippen LogP contribution is -2.10. The lowest BCUT2D eigenvalue weighted by Gasteiger charge is -2.29. The number of methoxy groups -OCH3 is 1. The second kappa shape index (κ2) is 35.5. The Morgan fingerprint density at radius 2 is 0.606 bits per heavy atom. The number of carbonyl (C=O) groups excluding carboxylic acids is 1. The number of hydrogen-bond donors (Lipinski definition) is 4. The molecule has 11 aromatic rings. The van der Waals surface area contributed by atoms with E-state index in [9.17, 15) is 56.7 Å². The number of halogens is 3. The molecule has 0 saturated carbocycles. The van der Waals surface area contributed by atoms with Gasteiger partial charge >= 0.3 is 48.6 Å². The van der Waals surface area contributed by atoms with Crippen LogP contribution in [0.15, 0.2) is 250 Å². The summed E-state index contributed by atoms with van der Waals surface area (Å²) in [6, 6.07) is 56.8. The summed E-state index contributed by atoms with van der Waals surface area (Å²) in [4.78, 5) is 8.27. The van der Waals surface area contributed by atoms with Gasteiger partial charge in [-0.05, 0) is 199 Å². The topological polar surface area (TPSA) is 458 Å². The summed E-state index contributed by atoms with van der Waals surface area (Å²) >= 11 is 0. The summed E-state index contributed by atoms with van der Waals surface area (Å²) in [7, 11) is -32.9. The van der Waals surface area contributed by atoms with Crippen molar-refractivity contribution in [1.29, 1.82) is 0 Å². The molecule has 27 nitrogen and oxygen atoms in total. The summed E-state index contributed by atoms with van der Waals surface area (Å²) in [5.41, 5.74) is 5.25. The van der Waals surface area contributed by atoms with Crippen molar-refractivity contribution >= 4 is 88.7 Å². The highest BCUT2D eigenvalue weighted by Crippen LogP contribution is 2.57. The zero-order valence-electron chi connectivity index (χ0n) is 55.5. The van der Waals surface area contributed by atoms with Crippen molar-refractivity contribution in [3.8, 4) is 106 Å². The van der Waals surface area contributed by atoms with E-state index in [1.807, 2.05) is 44.2 Å². The highest BCUT2D eigenvalue weighted by atomic mass is 32.2. The number of hydrogen-bond acceptors (Lipinski definition) is 23. The molecule has 0 heterocycles. The maximum absolute atomic E-state index is 15.2. The van der Waals surface area contributed by atoms with Crippen molar-refractivity contribution in [3.63, 3.8) is 0 Å². The van der Waals surface area contributed by atoms with E-state index in [-0.39, 0.29) is 72.7 Å². The molecule has 0 fully saturated rings. The molecule has 0 amide bonds. The van der Waals surface area contributed by atoms with Crippen molar-refractivity contribution in [2.75, 3.05) is 7.11 Å². The van der Waals surface area contributed by atoms with Crippen LogP contribution in [0.25, 0.3) is 89.0 Å². The van der Waals surface area contributed by atoms with Gasteiger partial charge in [-0.3, -0.25) is 23.0 Å². The van der Waals surface area contributed by atoms with Crippen molar-refractivity contribution in [2.45, 2.75) is 39.6 Å². The van der Waals surface area contributed by atoms with Crippen LogP contribution in [0.2, 0.25) is 0 Å². The van der Waals surface area contributed by atoms with Crippen LogP contribution in [0.3, 0.4) is 0 Å². The van der Waals surface area contributed by atoms with Crippen molar-refractivity contribution in [2.24, 2.45) is 0 Å². The Kier molecular flexibility index (Phi) is 27.7. The molecule has 0 radical (unpaired) electrons. The molecule has 0 aliphatic heterocycles. The number of ether oxygens (including phenoxy) is 2. The fourth-order valence-corrected chi connectivity index (χ4v) is 14.7. The van der Waals surface area contributed by atoms with E-state index in [1.165, 1.54) is 61.7 Å². The van der Waals surface area contributed by atoms with E-state index in [1.54, 1.807) is 97.1 Å². The molecule has 0 saturated heterocycles. The molecule has 38 heteroatoms. The predicted molar refractivity (Wildman–Crippen MR) is 385 cm³/mol. The lowest BCUT2D eigenvalue weighted by atomic mass is 9.74. The first-order valence-electron chi connectivity index (χ1n) is 30.0. The third kappa shape index (κ3) is 22.4. The molecule has 0 unspecified atom stereocenters. The first-order chi connectivity index (χ1) is 50.9. The van der Waals surface area contributed by atoms with E-state index in [2.05, 4.69) is 0 Å². The SMILES string of the molecule is COc1ccc(C(=O)c2ccc(Oc3ccc(-c4ccc(-c5c(-c6ccc(S(=O)(=O)O)c(S(=O)(=O)O)c6)c(-c6ccccc6)c(-c6ccc(-c7ccc(C)c(C)c7)cc6)c(-c6ccccc6)c5-c5ccc(S(=O)(=O)O)c(S(=O)(=O)O)c5)cc4)cc3C(F)(F)F)cc2)cc1.O=S(=O)=O.O=S(=O)=O.O=S(=O)=O.O=S(=O)=O. The van der Waals surface area contributed by atoms with Crippen molar-refractivity contribution in [1.82, 2.24) is 0 Å². The zero-order valence-corrected chi connectivity index (χ0v) is 62.0. The van der Waals surface area contributed by atoms with E-state index in [4.69, 9.17) is 60.0 Å². The van der Waals surface area contributed by atoms with Gasteiger partial charge < -0.3 is 9.47 Å². The van der Waals surface area contributed by atoms with Crippen LogP contribution in [0.5, 0.6) is 17.2 Å². The molecule has 0 atom stereocenters. The Labute approximate surface area is 625 Å². The third-order valence-corrected chi connectivity index (χ3v) is 19.6. The molecule has 0 aliphatic rings. The minimum Gasteiger partial charge on any atom is -0.497 e. The van der Waals surface area contributed by atoms with Crippen LogP contribution >= 0.6 is 0 Å². The van der Waals surface area contributed by atoms with Gasteiger partial charge in [0.15, 0.2) is 5.78 Å². The minimum atomic E-state index is -5.56. The molecule has 109 heavy (non-hydrogen) atoms. The summed E-state index contributed by atoms with van der Waals surface area (Å²) in [6.07, 6.45) is -5.00. The van der Waals surface area contributed by atoms with Gasteiger partial charge in [0.05, 0.1) is 12.7 Å². The van der Waals surface area contributed by atoms with Gasteiger partial charge in [-0.2, -0.15) is 46.8 Å². The summed E-state index contributed by atoms with van der Waals surface area (Å²) in [6.45, 7) is 3.94. The van der Waals surface area contributed by atoms with Gasteiger partial charge in [0.1, 0.15) is 36.8 Å². The highest BCUT2D eigenvalue weighted by Gasteiger charge is 2.37. The number of alkyl halides is 3. The Hall–Kier alpha value is -11.4. The second-order valence-electron chi connectivity index (χ2n) is 22.4. The average Bonchev–Trinajstić information content (AvgIpc) is 0.709. The molecule has 0 bridgehead atoms. The Morgan fingerprint density at radius 1 is 0.321 bits per heavy atom. The van der Waals surface area contributed by atoms with Gasteiger partial charge in [0.25, 0.3) is 40.5 Å². The van der Waals surface area contributed by atoms with Crippen molar-refractivity contribution in [3.05, 3.63) is 258 Å². The predicted octanol–water partition coefficient (Wildman–Crippen LogP) is 12.7. The van der Waals surface area contributed by atoms with E-state index < -0.39 is 120 Å². The molecule has 0 aromatic heterocycles. The lowest BCUT2D eigenvalue weighted by molar-refractivity contribution is -0.138. The van der Waals surface area contributed by atoms with E-state index in [0.717, 1.165) is 70.8 Å². The average molecular weight is 1650 g/mol. The van der Waals surface area contributed by atoms with Gasteiger partial charge in [0.2, 0.25) is 0 Å².